The second-order valence-corrected chi connectivity index (χ2v) is 10.1. The minimum Gasteiger partial charge on any atom is -0.280 e. The quantitative estimate of drug-likeness (QED) is 0.344. The summed E-state index contributed by atoms with van der Waals surface area (Å²) in [6, 6.07) is 15.5. The molecule has 0 aliphatic heterocycles. The fourth-order valence-corrected chi connectivity index (χ4v) is 4.89. The minimum atomic E-state index is -4.41. The van der Waals surface area contributed by atoms with Crippen molar-refractivity contribution in [2.75, 3.05) is 4.72 Å². The lowest BCUT2D eigenvalue weighted by molar-refractivity contribution is -0.137. The first kappa shape index (κ1) is 24.5. The molecule has 3 aromatic rings. The second kappa shape index (κ2) is 9.79. The van der Waals surface area contributed by atoms with Crippen LogP contribution in [0.2, 0.25) is 10.0 Å². The van der Waals surface area contributed by atoms with Gasteiger partial charge in [0.1, 0.15) is 0 Å². The summed E-state index contributed by atoms with van der Waals surface area (Å²) in [6.07, 6.45) is -3.89. The highest BCUT2D eigenvalue weighted by atomic mass is 35.5. The molecule has 0 fully saturated rings. The highest BCUT2D eigenvalue weighted by molar-refractivity contribution is 7.92. The van der Waals surface area contributed by atoms with Crippen molar-refractivity contribution < 1.29 is 21.6 Å². The van der Waals surface area contributed by atoms with Gasteiger partial charge in [-0.15, -0.1) is 0 Å². The molecular formula is C22H16Cl2F3NO2S2. The van der Waals surface area contributed by atoms with Gasteiger partial charge in [-0.1, -0.05) is 65.8 Å². The van der Waals surface area contributed by atoms with Crippen LogP contribution in [0.5, 0.6) is 0 Å². The Morgan fingerprint density at radius 2 is 1.47 bits per heavy atom. The molecule has 0 amide bonds. The number of halogens is 5. The van der Waals surface area contributed by atoms with Gasteiger partial charge in [0.25, 0.3) is 10.0 Å². The summed E-state index contributed by atoms with van der Waals surface area (Å²) in [5.41, 5.74) is 0.717. The molecule has 3 rings (SSSR count). The topological polar surface area (TPSA) is 46.2 Å². The largest absolute Gasteiger partial charge is 0.416 e. The average Bonchev–Trinajstić information content (AvgIpc) is 2.66. The van der Waals surface area contributed by atoms with E-state index in [1.807, 2.05) is 0 Å². The van der Waals surface area contributed by atoms with Gasteiger partial charge in [0.2, 0.25) is 0 Å². The molecule has 1 N–H and O–H groups in total. The average molecular weight is 518 g/mol. The summed E-state index contributed by atoms with van der Waals surface area (Å²) in [7, 11) is -3.87. The molecule has 0 saturated heterocycles. The van der Waals surface area contributed by atoms with Crippen molar-refractivity contribution in [2.24, 2.45) is 0 Å². The van der Waals surface area contributed by atoms with E-state index in [0.717, 1.165) is 17.7 Å². The molecule has 0 heterocycles. The first-order valence-electron chi connectivity index (χ1n) is 9.18. The molecule has 10 heteroatoms. The molecule has 0 radical (unpaired) electrons. The predicted molar refractivity (Wildman–Crippen MR) is 125 cm³/mol. The first-order chi connectivity index (χ1) is 14.9. The molecule has 3 nitrogen and oxygen atoms in total. The van der Waals surface area contributed by atoms with Crippen LogP contribution in [0.1, 0.15) is 16.7 Å². The third-order valence-electron chi connectivity index (χ3n) is 4.41. The number of anilines is 1. The van der Waals surface area contributed by atoms with Crippen molar-refractivity contribution >= 4 is 56.0 Å². The van der Waals surface area contributed by atoms with Crippen molar-refractivity contribution in [3.8, 4) is 0 Å². The zero-order valence-corrected chi connectivity index (χ0v) is 19.4. The molecule has 0 aliphatic rings. The molecule has 168 valence electrons. The number of nitrogens with one attached hydrogen (secondary N) is 1. The molecule has 0 unspecified atom stereocenters. The van der Waals surface area contributed by atoms with Crippen LogP contribution < -0.4 is 4.72 Å². The van der Waals surface area contributed by atoms with Crippen LogP contribution >= 0.6 is 35.4 Å². The lowest BCUT2D eigenvalue weighted by Crippen LogP contribution is -2.13. The van der Waals surface area contributed by atoms with Gasteiger partial charge < -0.3 is 0 Å². The molecular weight excluding hydrogens is 502 g/mol. The van der Waals surface area contributed by atoms with Crippen molar-refractivity contribution in [3.63, 3.8) is 0 Å². The minimum absolute atomic E-state index is 0.0288. The molecule has 0 aromatic heterocycles. The van der Waals surface area contributed by atoms with E-state index in [1.165, 1.54) is 36.4 Å². The van der Waals surface area contributed by atoms with E-state index in [4.69, 9.17) is 35.4 Å². The smallest absolute Gasteiger partial charge is 0.280 e. The van der Waals surface area contributed by atoms with Gasteiger partial charge in [-0.2, -0.15) is 13.2 Å². The number of alkyl halides is 3. The predicted octanol–water partition coefficient (Wildman–Crippen LogP) is 6.97. The highest BCUT2D eigenvalue weighted by Crippen LogP contribution is 2.30. The summed E-state index contributed by atoms with van der Waals surface area (Å²) >= 11 is 17.1. The van der Waals surface area contributed by atoms with Crippen molar-refractivity contribution in [3.05, 3.63) is 93.5 Å². The summed E-state index contributed by atoms with van der Waals surface area (Å²) < 4.78 is 66.2. The number of rotatable bonds is 7. The van der Waals surface area contributed by atoms with Crippen LogP contribution in [0.3, 0.4) is 0 Å². The van der Waals surface area contributed by atoms with Crippen LogP contribution in [0.25, 0.3) is 0 Å². The van der Waals surface area contributed by atoms with Gasteiger partial charge >= 0.3 is 6.18 Å². The summed E-state index contributed by atoms with van der Waals surface area (Å²) in [5.74, 6) is 0. The molecule has 32 heavy (non-hydrogen) atoms. The fourth-order valence-electron chi connectivity index (χ4n) is 2.99. The molecule has 0 atom stereocenters. The van der Waals surface area contributed by atoms with E-state index in [2.05, 4.69) is 4.72 Å². The Hall–Kier alpha value is -2.13. The number of hydrogen-bond acceptors (Lipinski definition) is 3. The van der Waals surface area contributed by atoms with Gasteiger partial charge in [-0.25, -0.2) is 8.42 Å². The Balaban J connectivity index is 1.67. The molecule has 0 saturated carbocycles. The van der Waals surface area contributed by atoms with Crippen LogP contribution in [-0.2, 0) is 29.0 Å². The van der Waals surface area contributed by atoms with Crippen LogP contribution in [0.4, 0.5) is 18.9 Å². The third kappa shape index (κ3) is 6.68. The summed E-state index contributed by atoms with van der Waals surface area (Å²) in [4.78, 5) is 0.563. The van der Waals surface area contributed by atoms with Crippen molar-refractivity contribution in [1.82, 2.24) is 0 Å². The monoisotopic (exact) mass is 517 g/mol. The third-order valence-corrected chi connectivity index (χ3v) is 6.53. The number of benzene rings is 3. The van der Waals surface area contributed by atoms with Gasteiger partial charge in [-0.05, 0) is 47.5 Å². The normalized spacial score (nSPS) is 11.9. The summed E-state index contributed by atoms with van der Waals surface area (Å²) in [5, 5.41) is 0.583. The molecule has 0 aliphatic carbocycles. The Morgan fingerprint density at radius 3 is 2.06 bits per heavy atom. The number of thiocarbonyl (C=S) groups is 1. The number of hydrogen-bond donors (Lipinski definition) is 1. The molecule has 3 aromatic carbocycles. The van der Waals surface area contributed by atoms with Gasteiger partial charge in [0.15, 0.2) is 0 Å². The van der Waals surface area contributed by atoms with Gasteiger partial charge in [-0.3, -0.25) is 4.72 Å². The van der Waals surface area contributed by atoms with E-state index in [1.54, 1.807) is 18.2 Å². The van der Waals surface area contributed by atoms with Crippen molar-refractivity contribution in [1.29, 1.82) is 0 Å². The molecule has 0 bridgehead atoms. The lowest BCUT2D eigenvalue weighted by atomic mass is 10.0. The highest BCUT2D eigenvalue weighted by Gasteiger charge is 2.30. The Kier molecular flexibility index (Phi) is 7.50. The Morgan fingerprint density at radius 1 is 0.875 bits per heavy atom. The zero-order valence-electron chi connectivity index (χ0n) is 16.3. The number of sulfonamides is 1. The van der Waals surface area contributed by atoms with E-state index < -0.39 is 21.8 Å². The Bertz CT molecular complexity index is 1220. The summed E-state index contributed by atoms with van der Waals surface area (Å²) in [6.45, 7) is 0. The van der Waals surface area contributed by atoms with Crippen LogP contribution in [-0.4, -0.2) is 13.3 Å². The zero-order chi connectivity index (χ0) is 23.5. The van der Waals surface area contributed by atoms with Crippen molar-refractivity contribution in [2.45, 2.75) is 23.9 Å². The van der Waals surface area contributed by atoms with Gasteiger partial charge in [0.05, 0.1) is 16.1 Å². The van der Waals surface area contributed by atoms with Crippen LogP contribution in [0.15, 0.2) is 71.6 Å². The maximum Gasteiger partial charge on any atom is 0.416 e. The second-order valence-electron chi connectivity index (χ2n) is 7.00. The SMILES string of the molecule is O=S(=O)(Nc1cc(Cl)cc(Cl)c1)c1ccc(CC(=S)Cc2cccc(C(F)(F)F)c2)cc1. The molecule has 0 spiro atoms. The lowest BCUT2D eigenvalue weighted by Gasteiger charge is -2.11. The first-order valence-corrected chi connectivity index (χ1v) is 11.8. The Labute approximate surface area is 199 Å². The standard InChI is InChI=1S/C22H16Cl2F3NO2S2/c23-17-11-18(24)13-19(12-17)28-32(29,30)21-6-4-14(5-7-21)9-20(31)10-15-2-1-3-16(8-15)22(25,26)27/h1-8,11-13,28H,9-10H2. The van der Waals surface area contributed by atoms with Crippen LogP contribution in [0, 0.1) is 0 Å². The maximum atomic E-state index is 12.9. The van der Waals surface area contributed by atoms with E-state index in [9.17, 15) is 21.6 Å². The van der Waals surface area contributed by atoms with E-state index in [-0.39, 0.29) is 17.0 Å². The van der Waals surface area contributed by atoms with E-state index >= 15 is 0 Å². The maximum absolute atomic E-state index is 12.9. The van der Waals surface area contributed by atoms with Gasteiger partial charge in [0, 0.05) is 27.8 Å². The fraction of sp³-hybridized carbons (Fsp3) is 0.136. The van der Waals surface area contributed by atoms with E-state index in [0.29, 0.717) is 26.9 Å².